The van der Waals surface area contributed by atoms with E-state index in [2.05, 4.69) is 0 Å². The van der Waals surface area contributed by atoms with E-state index in [0.29, 0.717) is 11.3 Å². The summed E-state index contributed by atoms with van der Waals surface area (Å²) in [7, 11) is 1.60. The lowest BCUT2D eigenvalue weighted by molar-refractivity contribution is -0.122. The molecule has 0 saturated heterocycles. The average molecular weight is 419 g/mol. The van der Waals surface area contributed by atoms with E-state index in [0.717, 1.165) is 22.5 Å². The molecule has 4 rings (SSSR count). The van der Waals surface area contributed by atoms with E-state index < -0.39 is 18.5 Å². The highest BCUT2D eigenvalue weighted by Crippen LogP contribution is 2.44. The third kappa shape index (κ3) is 4.15. The predicted molar refractivity (Wildman–Crippen MR) is 117 cm³/mol. The number of hydrogen-bond acceptors (Lipinski definition) is 5. The number of Topliss-reactive ketones (excluding diaryl/α,β-unsaturated/α-hetero) is 1. The molecular weight excluding hydrogens is 397 g/mol. The molecule has 0 bridgehead atoms. The molecule has 0 aliphatic carbocycles. The van der Waals surface area contributed by atoms with Gasteiger partial charge in [0.25, 0.3) is 0 Å². The zero-order chi connectivity index (χ0) is 22.0. The zero-order valence-electron chi connectivity index (χ0n) is 17.0. The molecule has 3 aromatic rings. The van der Waals surface area contributed by atoms with Crippen molar-refractivity contribution in [1.82, 2.24) is 0 Å². The van der Waals surface area contributed by atoms with Gasteiger partial charge >= 0.3 is 0 Å². The fraction of sp³-hybridized carbons (Fsp3) is 0.160. The van der Waals surface area contributed by atoms with Crippen LogP contribution >= 0.6 is 0 Å². The van der Waals surface area contributed by atoms with Crippen molar-refractivity contribution < 1.29 is 24.1 Å². The number of phenolic OH excluding ortho intramolecular Hbond substituents is 1. The summed E-state index contributed by atoms with van der Waals surface area (Å²) in [6.07, 6.45) is 1.95. The maximum Gasteiger partial charge on any atom is 0.160 e. The van der Waals surface area contributed by atoms with Crippen LogP contribution in [0, 0.1) is 5.82 Å². The van der Waals surface area contributed by atoms with Gasteiger partial charge in [0.1, 0.15) is 23.9 Å². The van der Waals surface area contributed by atoms with Gasteiger partial charge in [-0.1, -0.05) is 6.07 Å². The highest BCUT2D eigenvalue weighted by atomic mass is 19.1. The quantitative estimate of drug-likeness (QED) is 0.613. The van der Waals surface area contributed by atoms with Gasteiger partial charge in [0, 0.05) is 17.8 Å². The predicted octanol–water partition coefficient (Wildman–Crippen LogP) is 4.55. The van der Waals surface area contributed by atoms with E-state index in [1.807, 2.05) is 35.2 Å². The zero-order valence-corrected chi connectivity index (χ0v) is 17.0. The molecule has 0 saturated carbocycles. The van der Waals surface area contributed by atoms with Crippen molar-refractivity contribution in [3.05, 3.63) is 89.2 Å². The molecule has 0 fully saturated rings. The van der Waals surface area contributed by atoms with Crippen LogP contribution in [0.5, 0.6) is 11.5 Å². The lowest BCUT2D eigenvalue weighted by Crippen LogP contribution is -2.32. The number of aliphatic hydroxyl groups excluding tert-OH is 1. The number of phenols is 1. The van der Waals surface area contributed by atoms with Crippen LogP contribution in [0.4, 0.5) is 10.1 Å². The molecule has 6 heteroatoms. The lowest BCUT2D eigenvalue weighted by atomic mass is 9.88. The van der Waals surface area contributed by atoms with Crippen LogP contribution in [-0.4, -0.2) is 29.7 Å². The van der Waals surface area contributed by atoms with Gasteiger partial charge in [0.05, 0.1) is 13.2 Å². The number of carbonyl (C=O) groups is 1. The van der Waals surface area contributed by atoms with Gasteiger partial charge in [-0.2, -0.15) is 0 Å². The highest BCUT2D eigenvalue weighted by molar-refractivity contribution is 5.95. The van der Waals surface area contributed by atoms with E-state index in [4.69, 9.17) is 4.74 Å². The molecule has 1 atom stereocenters. The van der Waals surface area contributed by atoms with Crippen molar-refractivity contribution in [3.63, 3.8) is 0 Å². The molecule has 0 spiro atoms. The van der Waals surface area contributed by atoms with Crippen molar-refractivity contribution in [2.45, 2.75) is 12.5 Å². The van der Waals surface area contributed by atoms with Gasteiger partial charge < -0.3 is 19.8 Å². The Bertz CT molecular complexity index is 1120. The fourth-order valence-electron chi connectivity index (χ4n) is 3.89. The summed E-state index contributed by atoms with van der Waals surface area (Å²) in [5, 5.41) is 19.2. The minimum atomic E-state index is -0.591. The molecule has 158 valence electrons. The minimum absolute atomic E-state index is 0.00131. The van der Waals surface area contributed by atoms with E-state index in [9.17, 15) is 19.4 Å². The Morgan fingerprint density at radius 1 is 1.06 bits per heavy atom. The summed E-state index contributed by atoms with van der Waals surface area (Å²) in [5.74, 6) is 0.0862. The number of fused-ring (bicyclic) bond motifs is 1. The van der Waals surface area contributed by atoms with Crippen molar-refractivity contribution >= 4 is 23.2 Å². The summed E-state index contributed by atoms with van der Waals surface area (Å²) >= 11 is 0. The summed E-state index contributed by atoms with van der Waals surface area (Å²) < 4.78 is 19.4. The number of aliphatic hydroxyl groups is 1. The van der Waals surface area contributed by atoms with Crippen LogP contribution in [0.25, 0.3) is 11.8 Å². The second kappa shape index (κ2) is 8.62. The number of benzene rings is 3. The van der Waals surface area contributed by atoms with Gasteiger partial charge in [0.2, 0.25) is 0 Å². The molecular formula is C25H22FNO4. The summed E-state index contributed by atoms with van der Waals surface area (Å²) in [6, 6.07) is 18.1. The molecule has 0 amide bonds. The van der Waals surface area contributed by atoms with E-state index in [1.165, 1.54) is 12.1 Å². The van der Waals surface area contributed by atoms with Crippen LogP contribution in [0.3, 0.4) is 0 Å². The molecule has 3 aromatic carbocycles. The molecule has 31 heavy (non-hydrogen) atoms. The number of carbonyl (C=O) groups excluding carboxylic acids is 1. The maximum absolute atomic E-state index is 14.2. The normalized spacial score (nSPS) is 15.3. The van der Waals surface area contributed by atoms with E-state index in [1.54, 1.807) is 37.4 Å². The van der Waals surface area contributed by atoms with Crippen molar-refractivity contribution in [2.75, 3.05) is 18.6 Å². The molecule has 0 aromatic heterocycles. The minimum Gasteiger partial charge on any atom is -0.508 e. The van der Waals surface area contributed by atoms with Crippen LogP contribution in [0.2, 0.25) is 0 Å². The largest absolute Gasteiger partial charge is 0.508 e. The third-order valence-electron chi connectivity index (χ3n) is 5.38. The van der Waals surface area contributed by atoms with Gasteiger partial charge in [-0.15, -0.1) is 0 Å². The SMILES string of the molecule is COc1ccc(C2=Cc3ccc(F)cc3C(CC(=O)CO)N2c2ccc(O)cc2)cc1. The van der Waals surface area contributed by atoms with Crippen molar-refractivity contribution in [2.24, 2.45) is 0 Å². The Morgan fingerprint density at radius 2 is 1.77 bits per heavy atom. The molecule has 1 aliphatic rings. The van der Waals surface area contributed by atoms with E-state index >= 15 is 0 Å². The number of rotatable bonds is 6. The van der Waals surface area contributed by atoms with Crippen LogP contribution in [0.1, 0.15) is 29.2 Å². The number of anilines is 1. The lowest BCUT2D eigenvalue weighted by Gasteiger charge is -2.39. The Balaban J connectivity index is 1.92. The monoisotopic (exact) mass is 419 g/mol. The number of hydrogen-bond donors (Lipinski definition) is 2. The van der Waals surface area contributed by atoms with Crippen LogP contribution in [0.15, 0.2) is 66.7 Å². The Kier molecular flexibility index (Phi) is 5.73. The Labute approximate surface area is 179 Å². The number of methoxy groups -OCH3 is 1. The first kappa shape index (κ1) is 20.6. The number of ketones is 1. The second-order valence-corrected chi connectivity index (χ2v) is 7.33. The number of aromatic hydroxyl groups is 1. The molecule has 5 nitrogen and oxygen atoms in total. The number of ether oxygens (including phenoxy) is 1. The third-order valence-corrected chi connectivity index (χ3v) is 5.38. The Hall–Kier alpha value is -3.64. The summed E-state index contributed by atoms with van der Waals surface area (Å²) in [5.41, 5.74) is 3.88. The van der Waals surface area contributed by atoms with Gasteiger partial charge in [-0.25, -0.2) is 4.39 Å². The van der Waals surface area contributed by atoms with Crippen molar-refractivity contribution in [1.29, 1.82) is 0 Å². The molecule has 0 radical (unpaired) electrons. The first-order valence-corrected chi connectivity index (χ1v) is 9.86. The van der Waals surface area contributed by atoms with Crippen LogP contribution < -0.4 is 9.64 Å². The molecule has 1 unspecified atom stereocenters. The smallest absolute Gasteiger partial charge is 0.160 e. The highest BCUT2D eigenvalue weighted by Gasteiger charge is 2.32. The molecule has 1 heterocycles. The average Bonchev–Trinajstić information content (AvgIpc) is 2.79. The van der Waals surface area contributed by atoms with Gasteiger partial charge in [0.15, 0.2) is 5.78 Å². The number of nitrogens with zero attached hydrogens (tertiary/aromatic N) is 1. The standard InChI is InChI=1S/C25H22FNO4/c1-31-22-10-3-16(4-11-22)24-12-17-2-5-18(26)13-23(17)25(14-21(30)15-28)27(24)19-6-8-20(29)9-7-19/h2-13,25,28-29H,14-15H2,1H3. The fourth-order valence-corrected chi connectivity index (χ4v) is 3.89. The first-order chi connectivity index (χ1) is 15.0. The second-order valence-electron chi connectivity index (χ2n) is 7.33. The van der Waals surface area contributed by atoms with Crippen LogP contribution in [-0.2, 0) is 4.79 Å². The summed E-state index contributed by atoms with van der Waals surface area (Å²) in [6.45, 7) is -0.591. The topological polar surface area (TPSA) is 70.0 Å². The Morgan fingerprint density at radius 3 is 2.42 bits per heavy atom. The van der Waals surface area contributed by atoms with Crippen molar-refractivity contribution in [3.8, 4) is 11.5 Å². The first-order valence-electron chi connectivity index (χ1n) is 9.86. The molecule has 2 N–H and O–H groups in total. The molecule has 1 aliphatic heterocycles. The van der Waals surface area contributed by atoms with Gasteiger partial charge in [-0.3, -0.25) is 4.79 Å². The van der Waals surface area contributed by atoms with E-state index in [-0.39, 0.29) is 18.0 Å². The summed E-state index contributed by atoms with van der Waals surface area (Å²) in [4.78, 5) is 14.2. The maximum atomic E-state index is 14.2. The van der Waals surface area contributed by atoms with Gasteiger partial charge in [-0.05, 0) is 83.4 Å². The number of halogens is 1.